The molecule has 0 fully saturated rings. The molecule has 0 amide bonds. The van der Waals surface area contributed by atoms with E-state index >= 15 is 0 Å². The van der Waals surface area contributed by atoms with Gasteiger partial charge >= 0.3 is 0 Å². The normalized spacial score (nSPS) is 11.2. The van der Waals surface area contributed by atoms with Gasteiger partial charge in [-0.25, -0.2) is 4.98 Å². The summed E-state index contributed by atoms with van der Waals surface area (Å²) in [7, 11) is 4.06. The van der Waals surface area contributed by atoms with Crippen LogP contribution in [0.4, 0.5) is 10.8 Å². The molecule has 0 unspecified atom stereocenters. The smallest absolute Gasteiger partial charge is 0.203 e. The third kappa shape index (κ3) is 3.83. The lowest BCUT2D eigenvalue weighted by Crippen LogP contribution is -2.08. The Balaban J connectivity index is 1.49. The van der Waals surface area contributed by atoms with Crippen LogP contribution in [0.5, 0.6) is 0 Å². The van der Waals surface area contributed by atoms with Crippen molar-refractivity contribution in [2.24, 2.45) is 5.10 Å². The van der Waals surface area contributed by atoms with E-state index in [2.05, 4.69) is 80.4 Å². The number of fused-ring (bicyclic) bond motifs is 1. The second-order valence-electron chi connectivity index (χ2n) is 6.42. The molecule has 1 aromatic heterocycles. The van der Waals surface area contributed by atoms with Gasteiger partial charge in [-0.3, -0.25) is 5.43 Å². The first kappa shape index (κ1) is 17.2. The van der Waals surface area contributed by atoms with Gasteiger partial charge in [0, 0.05) is 30.7 Å². The second-order valence-corrected chi connectivity index (χ2v) is 7.28. The lowest BCUT2D eigenvalue weighted by atomic mass is 10.0. The Morgan fingerprint density at radius 1 is 0.963 bits per heavy atom. The average molecular weight is 372 g/mol. The summed E-state index contributed by atoms with van der Waals surface area (Å²) in [6.45, 7) is 0. The molecule has 0 aliphatic heterocycles. The van der Waals surface area contributed by atoms with Gasteiger partial charge in [0.25, 0.3) is 0 Å². The van der Waals surface area contributed by atoms with Crippen LogP contribution in [0.1, 0.15) is 5.56 Å². The van der Waals surface area contributed by atoms with Crippen molar-refractivity contribution in [1.82, 2.24) is 4.98 Å². The minimum atomic E-state index is 0.777. The predicted octanol–water partition coefficient (Wildman–Crippen LogP) is 5.48. The molecule has 0 aliphatic rings. The molecular weight excluding hydrogens is 352 g/mol. The summed E-state index contributed by atoms with van der Waals surface area (Å²) in [5.74, 6) is 0. The first-order chi connectivity index (χ1) is 13.2. The third-order valence-corrected chi connectivity index (χ3v) is 5.10. The number of nitrogens with zero attached hydrogens (tertiary/aromatic N) is 3. The summed E-state index contributed by atoms with van der Waals surface area (Å²) < 4.78 is 0. The maximum atomic E-state index is 4.69. The fourth-order valence-electron chi connectivity index (χ4n) is 2.92. The highest BCUT2D eigenvalue weighted by Gasteiger charge is 2.07. The van der Waals surface area contributed by atoms with Crippen molar-refractivity contribution < 1.29 is 0 Å². The van der Waals surface area contributed by atoms with Crippen molar-refractivity contribution in [3.63, 3.8) is 0 Å². The molecule has 0 radical (unpaired) electrons. The van der Waals surface area contributed by atoms with Crippen LogP contribution in [0.25, 0.3) is 22.0 Å². The van der Waals surface area contributed by atoms with E-state index < -0.39 is 0 Å². The largest absolute Gasteiger partial charge is 0.378 e. The molecule has 0 aliphatic carbocycles. The van der Waals surface area contributed by atoms with Gasteiger partial charge in [0.1, 0.15) is 0 Å². The van der Waals surface area contributed by atoms with Gasteiger partial charge in [-0.1, -0.05) is 54.6 Å². The van der Waals surface area contributed by atoms with Crippen LogP contribution in [-0.2, 0) is 0 Å². The van der Waals surface area contributed by atoms with Gasteiger partial charge in [-0.15, -0.1) is 11.3 Å². The number of thiazole rings is 1. The zero-order chi connectivity index (χ0) is 18.6. The number of anilines is 2. The van der Waals surface area contributed by atoms with Crippen molar-refractivity contribution in [1.29, 1.82) is 0 Å². The SMILES string of the molecule is CN(C)c1ccc(/C=N\Nc2nc(-c3cccc4ccccc34)cs2)cc1. The Kier molecular flexibility index (Phi) is 4.85. The van der Waals surface area contributed by atoms with Gasteiger partial charge in [0.2, 0.25) is 5.13 Å². The molecule has 0 spiro atoms. The van der Waals surface area contributed by atoms with Gasteiger partial charge in [-0.2, -0.15) is 5.10 Å². The molecule has 0 saturated carbocycles. The zero-order valence-electron chi connectivity index (χ0n) is 15.3. The summed E-state index contributed by atoms with van der Waals surface area (Å²) in [4.78, 5) is 6.76. The van der Waals surface area contributed by atoms with Crippen LogP contribution in [0.2, 0.25) is 0 Å². The lowest BCUT2D eigenvalue weighted by molar-refractivity contribution is 1.13. The lowest BCUT2D eigenvalue weighted by Gasteiger charge is -2.11. The average Bonchev–Trinajstić information content (AvgIpc) is 3.16. The first-order valence-corrected chi connectivity index (χ1v) is 9.59. The van der Waals surface area contributed by atoms with Crippen LogP contribution in [0.15, 0.2) is 77.2 Å². The fourth-order valence-corrected chi connectivity index (χ4v) is 3.58. The van der Waals surface area contributed by atoms with Crippen molar-refractivity contribution in [3.8, 4) is 11.3 Å². The van der Waals surface area contributed by atoms with E-state index in [1.807, 2.05) is 26.2 Å². The number of rotatable bonds is 5. The van der Waals surface area contributed by atoms with Gasteiger partial charge in [0.15, 0.2) is 0 Å². The predicted molar refractivity (Wildman–Crippen MR) is 117 cm³/mol. The zero-order valence-corrected chi connectivity index (χ0v) is 16.1. The topological polar surface area (TPSA) is 40.5 Å². The van der Waals surface area contributed by atoms with Gasteiger partial charge in [0.05, 0.1) is 11.9 Å². The molecule has 1 N–H and O–H groups in total. The van der Waals surface area contributed by atoms with E-state index in [1.165, 1.54) is 16.5 Å². The monoisotopic (exact) mass is 372 g/mol. The van der Waals surface area contributed by atoms with Crippen molar-refractivity contribution in [3.05, 3.63) is 77.7 Å². The fraction of sp³-hybridized carbons (Fsp3) is 0.0909. The number of hydrazone groups is 1. The van der Waals surface area contributed by atoms with Crippen LogP contribution >= 0.6 is 11.3 Å². The van der Waals surface area contributed by atoms with Gasteiger partial charge < -0.3 is 4.90 Å². The molecule has 0 bridgehead atoms. The third-order valence-electron chi connectivity index (χ3n) is 4.35. The highest BCUT2D eigenvalue weighted by Crippen LogP contribution is 2.30. The second kappa shape index (κ2) is 7.60. The Morgan fingerprint density at radius 2 is 1.74 bits per heavy atom. The van der Waals surface area contributed by atoms with E-state index in [0.29, 0.717) is 0 Å². The van der Waals surface area contributed by atoms with E-state index in [-0.39, 0.29) is 0 Å². The van der Waals surface area contributed by atoms with Crippen molar-refractivity contribution >= 4 is 39.1 Å². The minimum Gasteiger partial charge on any atom is -0.378 e. The number of aromatic nitrogens is 1. The van der Waals surface area contributed by atoms with E-state index in [9.17, 15) is 0 Å². The minimum absolute atomic E-state index is 0.777. The molecule has 4 rings (SSSR count). The number of hydrogen-bond donors (Lipinski definition) is 1. The summed E-state index contributed by atoms with van der Waals surface area (Å²) in [5.41, 5.74) is 7.34. The molecule has 1 heterocycles. The van der Waals surface area contributed by atoms with Crippen LogP contribution < -0.4 is 10.3 Å². The quantitative estimate of drug-likeness (QED) is 0.373. The number of nitrogens with one attached hydrogen (secondary N) is 1. The highest BCUT2D eigenvalue weighted by atomic mass is 32.1. The molecule has 0 saturated heterocycles. The highest BCUT2D eigenvalue weighted by molar-refractivity contribution is 7.14. The molecule has 0 atom stereocenters. The van der Waals surface area contributed by atoms with Crippen LogP contribution in [-0.4, -0.2) is 25.3 Å². The van der Waals surface area contributed by atoms with E-state index in [4.69, 9.17) is 0 Å². The first-order valence-electron chi connectivity index (χ1n) is 8.71. The summed E-state index contributed by atoms with van der Waals surface area (Å²) >= 11 is 1.55. The molecule has 134 valence electrons. The molecular formula is C22H20N4S. The Bertz CT molecular complexity index is 1080. The number of benzene rings is 3. The summed E-state index contributed by atoms with van der Waals surface area (Å²) in [6, 6.07) is 22.9. The Labute approximate surface area is 162 Å². The molecule has 4 nitrogen and oxygen atoms in total. The van der Waals surface area contributed by atoms with Crippen molar-refractivity contribution in [2.75, 3.05) is 24.4 Å². The standard InChI is InChI=1S/C22H20N4S/c1-26(2)18-12-10-16(11-13-18)14-23-25-22-24-21(15-27-22)20-9-5-7-17-6-3-4-8-19(17)20/h3-15H,1-2H3,(H,24,25)/b23-14-. The summed E-state index contributed by atoms with van der Waals surface area (Å²) in [5, 5.41) is 9.58. The Morgan fingerprint density at radius 3 is 2.56 bits per heavy atom. The molecule has 27 heavy (non-hydrogen) atoms. The van der Waals surface area contributed by atoms with Crippen LogP contribution in [0, 0.1) is 0 Å². The van der Waals surface area contributed by atoms with Gasteiger partial charge in [-0.05, 0) is 28.5 Å². The molecule has 4 aromatic rings. The maximum Gasteiger partial charge on any atom is 0.203 e. The van der Waals surface area contributed by atoms with E-state index in [0.717, 1.165) is 22.0 Å². The van der Waals surface area contributed by atoms with E-state index in [1.54, 1.807) is 17.6 Å². The Hall–Kier alpha value is -3.18. The molecule has 3 aromatic carbocycles. The van der Waals surface area contributed by atoms with Crippen molar-refractivity contribution in [2.45, 2.75) is 0 Å². The maximum absolute atomic E-state index is 4.69. The van der Waals surface area contributed by atoms with Crippen LogP contribution in [0.3, 0.4) is 0 Å². The molecule has 5 heteroatoms. The number of hydrogen-bond acceptors (Lipinski definition) is 5. The summed E-state index contributed by atoms with van der Waals surface area (Å²) in [6.07, 6.45) is 1.80.